The third-order valence-corrected chi connectivity index (χ3v) is 3.94. The normalized spacial score (nSPS) is 11.8. The van der Waals surface area contributed by atoms with Gasteiger partial charge in [-0.3, -0.25) is 14.2 Å². The highest BCUT2D eigenvalue weighted by Gasteiger charge is 2.39. The number of nitrogens with zero attached hydrogens (tertiary/aromatic N) is 4. The predicted molar refractivity (Wildman–Crippen MR) is 82.1 cm³/mol. The fourth-order valence-electron chi connectivity index (χ4n) is 2.09. The number of rotatable bonds is 5. The molecule has 0 radical (unpaired) electrons. The fourth-order valence-corrected chi connectivity index (χ4v) is 2.59. The Labute approximate surface area is 145 Å². The molecule has 0 saturated carbocycles. The zero-order chi connectivity index (χ0) is 18.1. The van der Waals surface area contributed by atoms with Crippen molar-refractivity contribution in [3.8, 4) is 0 Å². The number of nitrogens with one attached hydrogen (secondary N) is 1. The molecule has 0 aliphatic heterocycles. The topological polar surface area (TPSA) is 64.7 Å². The summed E-state index contributed by atoms with van der Waals surface area (Å²) in [5.74, 6) is -0.763. The summed E-state index contributed by atoms with van der Waals surface area (Å²) in [6.45, 7) is 2.49. The number of aromatic nitrogens is 4. The number of halogens is 5. The van der Waals surface area contributed by atoms with Crippen molar-refractivity contribution in [3.63, 3.8) is 0 Å². The summed E-state index contributed by atoms with van der Waals surface area (Å²) in [4.78, 5) is 11.9. The van der Waals surface area contributed by atoms with Crippen LogP contribution in [0.1, 0.15) is 28.3 Å². The van der Waals surface area contributed by atoms with Gasteiger partial charge in [-0.15, -0.1) is 0 Å². The second-order valence-electron chi connectivity index (χ2n) is 5.07. The Morgan fingerprint density at radius 2 is 2.00 bits per heavy atom. The van der Waals surface area contributed by atoms with Crippen LogP contribution in [0.5, 0.6) is 0 Å². The van der Waals surface area contributed by atoms with Gasteiger partial charge in [0.05, 0.1) is 10.7 Å². The van der Waals surface area contributed by atoms with Crippen molar-refractivity contribution in [1.82, 2.24) is 24.9 Å². The van der Waals surface area contributed by atoms with E-state index in [9.17, 15) is 18.0 Å². The number of carbonyl (C=O) groups excluding carboxylic acids is 1. The first-order valence-electron chi connectivity index (χ1n) is 6.88. The number of aryl methyl sites for hydroxylation is 3. The standard InChI is InChI=1S/C13H14Cl2F3N5O/c1-7-8(14)6-23(20-7)5-3-4-19-12(24)10-9(15)11(13(16,17)18)22(2)21-10/h6H,3-5H2,1-2H3,(H,19,24). The molecule has 1 amide bonds. The van der Waals surface area contributed by atoms with Crippen molar-refractivity contribution in [2.24, 2.45) is 7.05 Å². The Balaban J connectivity index is 1.93. The number of hydrogen-bond acceptors (Lipinski definition) is 3. The van der Waals surface area contributed by atoms with Crippen LogP contribution >= 0.6 is 23.2 Å². The Hall–Kier alpha value is -1.74. The van der Waals surface area contributed by atoms with Crippen LogP contribution in [0.25, 0.3) is 0 Å². The average molecular weight is 384 g/mol. The van der Waals surface area contributed by atoms with Gasteiger partial charge in [-0.2, -0.15) is 23.4 Å². The molecular weight excluding hydrogens is 370 g/mol. The SMILES string of the molecule is Cc1nn(CCCNC(=O)c2nn(C)c(C(F)(F)F)c2Cl)cc1Cl. The van der Waals surface area contributed by atoms with Crippen LogP contribution in [-0.2, 0) is 19.8 Å². The molecule has 0 saturated heterocycles. The predicted octanol–water partition coefficient (Wildman–Crippen LogP) is 3.07. The maximum atomic E-state index is 12.8. The van der Waals surface area contributed by atoms with E-state index in [2.05, 4.69) is 15.5 Å². The van der Waals surface area contributed by atoms with Gasteiger partial charge in [0.25, 0.3) is 5.91 Å². The second-order valence-corrected chi connectivity index (χ2v) is 5.85. The average Bonchev–Trinajstić information content (AvgIpc) is 2.94. The highest BCUT2D eigenvalue weighted by atomic mass is 35.5. The monoisotopic (exact) mass is 383 g/mol. The minimum Gasteiger partial charge on any atom is -0.351 e. The molecule has 2 rings (SSSR count). The molecule has 2 aromatic heterocycles. The highest BCUT2D eigenvalue weighted by molar-refractivity contribution is 6.34. The number of amides is 1. The molecule has 0 aliphatic carbocycles. The lowest BCUT2D eigenvalue weighted by molar-refractivity contribution is -0.143. The van der Waals surface area contributed by atoms with Gasteiger partial charge in [0.2, 0.25) is 0 Å². The van der Waals surface area contributed by atoms with Crippen LogP contribution in [-0.4, -0.2) is 32.0 Å². The quantitative estimate of drug-likeness (QED) is 0.806. The van der Waals surface area contributed by atoms with E-state index in [1.54, 1.807) is 17.8 Å². The van der Waals surface area contributed by atoms with Gasteiger partial charge in [0, 0.05) is 26.3 Å². The van der Waals surface area contributed by atoms with Crippen LogP contribution in [0.15, 0.2) is 6.20 Å². The van der Waals surface area contributed by atoms with Crippen molar-refractivity contribution >= 4 is 29.1 Å². The van der Waals surface area contributed by atoms with Gasteiger partial charge in [-0.05, 0) is 13.3 Å². The van der Waals surface area contributed by atoms with E-state index < -0.39 is 28.5 Å². The molecule has 0 spiro atoms. The van der Waals surface area contributed by atoms with Crippen molar-refractivity contribution in [2.45, 2.75) is 26.1 Å². The highest BCUT2D eigenvalue weighted by Crippen LogP contribution is 2.35. The molecule has 1 N–H and O–H groups in total. The van der Waals surface area contributed by atoms with E-state index >= 15 is 0 Å². The molecule has 0 unspecified atom stereocenters. The van der Waals surface area contributed by atoms with Crippen LogP contribution in [0.2, 0.25) is 10.0 Å². The Morgan fingerprint density at radius 1 is 1.33 bits per heavy atom. The number of hydrogen-bond donors (Lipinski definition) is 1. The molecule has 2 heterocycles. The first kappa shape index (κ1) is 18.6. The third-order valence-electron chi connectivity index (χ3n) is 3.21. The smallest absolute Gasteiger partial charge is 0.351 e. The summed E-state index contributed by atoms with van der Waals surface area (Å²) < 4.78 is 40.6. The number of alkyl halides is 3. The summed E-state index contributed by atoms with van der Waals surface area (Å²) in [6, 6.07) is 0. The summed E-state index contributed by atoms with van der Waals surface area (Å²) in [7, 11) is 1.08. The molecular formula is C13H14Cl2F3N5O. The molecule has 24 heavy (non-hydrogen) atoms. The van der Waals surface area contributed by atoms with E-state index in [1.807, 2.05) is 0 Å². The van der Waals surface area contributed by atoms with Crippen molar-refractivity contribution < 1.29 is 18.0 Å². The van der Waals surface area contributed by atoms with Crippen LogP contribution in [0.4, 0.5) is 13.2 Å². The second kappa shape index (κ2) is 7.02. The molecule has 11 heteroatoms. The molecule has 0 bridgehead atoms. The van der Waals surface area contributed by atoms with Gasteiger partial charge in [0.15, 0.2) is 11.4 Å². The summed E-state index contributed by atoms with van der Waals surface area (Å²) in [5, 5.41) is 10.0. The molecule has 2 aromatic rings. The summed E-state index contributed by atoms with van der Waals surface area (Å²) in [6.07, 6.45) is -2.52. The fraction of sp³-hybridized carbons (Fsp3) is 0.462. The maximum absolute atomic E-state index is 12.8. The molecule has 132 valence electrons. The first-order valence-corrected chi connectivity index (χ1v) is 7.64. The lowest BCUT2D eigenvalue weighted by atomic mass is 10.3. The van der Waals surface area contributed by atoms with E-state index in [1.165, 1.54) is 0 Å². The molecule has 0 aliphatic rings. The van der Waals surface area contributed by atoms with Gasteiger partial charge in [-0.1, -0.05) is 23.2 Å². The van der Waals surface area contributed by atoms with Crippen LogP contribution < -0.4 is 5.32 Å². The number of carbonyl (C=O) groups is 1. The van der Waals surface area contributed by atoms with E-state index in [0.717, 1.165) is 7.05 Å². The van der Waals surface area contributed by atoms with E-state index in [-0.39, 0.29) is 6.54 Å². The summed E-state index contributed by atoms with van der Waals surface area (Å²) in [5.41, 5.74) is -0.916. The summed E-state index contributed by atoms with van der Waals surface area (Å²) >= 11 is 11.5. The zero-order valence-electron chi connectivity index (χ0n) is 12.8. The first-order chi connectivity index (χ1) is 11.1. The van der Waals surface area contributed by atoms with Crippen molar-refractivity contribution in [2.75, 3.05) is 6.54 Å². The van der Waals surface area contributed by atoms with Crippen LogP contribution in [0, 0.1) is 6.92 Å². The minimum atomic E-state index is -4.69. The van der Waals surface area contributed by atoms with Crippen molar-refractivity contribution in [3.05, 3.63) is 33.3 Å². The zero-order valence-corrected chi connectivity index (χ0v) is 14.3. The van der Waals surface area contributed by atoms with Gasteiger partial charge in [-0.25, -0.2) is 0 Å². The molecule has 0 fully saturated rings. The Bertz CT molecular complexity index is 734. The largest absolute Gasteiger partial charge is 0.434 e. The van der Waals surface area contributed by atoms with E-state index in [0.29, 0.717) is 28.4 Å². The third kappa shape index (κ3) is 4.02. The van der Waals surface area contributed by atoms with Crippen molar-refractivity contribution in [1.29, 1.82) is 0 Å². The molecule has 0 atom stereocenters. The van der Waals surface area contributed by atoms with Gasteiger partial charge < -0.3 is 5.32 Å². The van der Waals surface area contributed by atoms with Crippen LogP contribution in [0.3, 0.4) is 0 Å². The lowest BCUT2D eigenvalue weighted by Gasteiger charge is -2.06. The molecule has 0 aromatic carbocycles. The van der Waals surface area contributed by atoms with Gasteiger partial charge in [0.1, 0.15) is 5.02 Å². The maximum Gasteiger partial charge on any atom is 0.434 e. The minimum absolute atomic E-state index is 0.226. The molecule has 6 nitrogen and oxygen atoms in total. The Morgan fingerprint density at radius 3 is 2.50 bits per heavy atom. The lowest BCUT2D eigenvalue weighted by Crippen LogP contribution is -2.26. The Kier molecular flexibility index (Phi) is 5.44. The van der Waals surface area contributed by atoms with Gasteiger partial charge >= 0.3 is 6.18 Å². The van der Waals surface area contributed by atoms with E-state index in [4.69, 9.17) is 23.2 Å².